The highest BCUT2D eigenvalue weighted by Crippen LogP contribution is 2.37. The fourth-order valence-corrected chi connectivity index (χ4v) is 2.75. The molecule has 0 bridgehead atoms. The highest BCUT2D eigenvalue weighted by molar-refractivity contribution is 5.19. The van der Waals surface area contributed by atoms with Crippen LogP contribution >= 0.6 is 0 Å². The standard InChI is InChI=1S/C13H22N2O/c1-9-3-5-11(6-4-9)12(15-14)13-10(2)7-8-16-13/h7-9,11-12,15H,3-6,14H2,1-2H3. The fraction of sp³-hybridized carbons (Fsp3) is 0.692. The van der Waals surface area contributed by atoms with Crippen molar-refractivity contribution in [2.75, 3.05) is 0 Å². The van der Waals surface area contributed by atoms with E-state index in [9.17, 15) is 0 Å². The van der Waals surface area contributed by atoms with Gasteiger partial charge in [-0.2, -0.15) is 0 Å². The van der Waals surface area contributed by atoms with E-state index in [0.29, 0.717) is 5.92 Å². The molecule has 90 valence electrons. The molecule has 0 spiro atoms. The van der Waals surface area contributed by atoms with Crippen molar-refractivity contribution in [2.24, 2.45) is 17.7 Å². The van der Waals surface area contributed by atoms with Crippen LogP contribution in [0, 0.1) is 18.8 Å². The van der Waals surface area contributed by atoms with Crippen LogP contribution in [0.5, 0.6) is 0 Å². The average molecular weight is 222 g/mol. The van der Waals surface area contributed by atoms with Crippen LogP contribution in [0.15, 0.2) is 16.7 Å². The minimum Gasteiger partial charge on any atom is -0.467 e. The lowest BCUT2D eigenvalue weighted by atomic mass is 9.78. The van der Waals surface area contributed by atoms with E-state index in [1.54, 1.807) is 6.26 Å². The molecular weight excluding hydrogens is 200 g/mol. The summed E-state index contributed by atoms with van der Waals surface area (Å²) >= 11 is 0. The summed E-state index contributed by atoms with van der Waals surface area (Å²) in [6, 6.07) is 2.19. The van der Waals surface area contributed by atoms with E-state index < -0.39 is 0 Å². The molecule has 2 rings (SSSR count). The summed E-state index contributed by atoms with van der Waals surface area (Å²) in [6.07, 6.45) is 6.86. The van der Waals surface area contributed by atoms with Crippen molar-refractivity contribution in [3.8, 4) is 0 Å². The van der Waals surface area contributed by atoms with Crippen molar-refractivity contribution in [3.05, 3.63) is 23.7 Å². The molecule has 1 aliphatic rings. The molecule has 1 aliphatic carbocycles. The highest BCUT2D eigenvalue weighted by Gasteiger charge is 2.29. The number of nitrogens with two attached hydrogens (primary N) is 1. The Morgan fingerprint density at radius 3 is 2.56 bits per heavy atom. The second-order valence-corrected chi connectivity index (χ2v) is 5.13. The van der Waals surface area contributed by atoms with Gasteiger partial charge in [-0.05, 0) is 43.2 Å². The van der Waals surface area contributed by atoms with Gasteiger partial charge in [0.25, 0.3) is 0 Å². The topological polar surface area (TPSA) is 51.2 Å². The molecule has 1 aromatic rings. The van der Waals surface area contributed by atoms with Gasteiger partial charge in [-0.1, -0.05) is 19.8 Å². The molecule has 1 atom stereocenters. The normalized spacial score (nSPS) is 27.9. The van der Waals surface area contributed by atoms with Crippen LogP contribution in [-0.4, -0.2) is 0 Å². The molecule has 3 heteroatoms. The van der Waals surface area contributed by atoms with Gasteiger partial charge in [0.2, 0.25) is 0 Å². The van der Waals surface area contributed by atoms with Gasteiger partial charge in [0.05, 0.1) is 12.3 Å². The lowest BCUT2D eigenvalue weighted by Gasteiger charge is -2.31. The minimum atomic E-state index is 0.183. The zero-order chi connectivity index (χ0) is 11.5. The number of rotatable bonds is 3. The van der Waals surface area contributed by atoms with Crippen molar-refractivity contribution >= 4 is 0 Å². The van der Waals surface area contributed by atoms with E-state index in [4.69, 9.17) is 10.3 Å². The summed E-state index contributed by atoms with van der Waals surface area (Å²) < 4.78 is 5.55. The van der Waals surface area contributed by atoms with Crippen molar-refractivity contribution < 1.29 is 4.42 Å². The molecule has 0 saturated heterocycles. The lowest BCUT2D eigenvalue weighted by molar-refractivity contribution is 0.213. The first kappa shape index (κ1) is 11.7. The van der Waals surface area contributed by atoms with Gasteiger partial charge in [0.15, 0.2) is 0 Å². The summed E-state index contributed by atoms with van der Waals surface area (Å²) in [6.45, 7) is 4.41. The third kappa shape index (κ3) is 2.30. The molecule has 1 saturated carbocycles. The van der Waals surface area contributed by atoms with E-state index in [1.807, 2.05) is 6.07 Å². The van der Waals surface area contributed by atoms with Gasteiger partial charge in [-0.3, -0.25) is 5.84 Å². The Balaban J connectivity index is 2.08. The third-order valence-corrected chi connectivity index (χ3v) is 3.90. The van der Waals surface area contributed by atoms with Gasteiger partial charge < -0.3 is 4.42 Å². The van der Waals surface area contributed by atoms with E-state index in [2.05, 4.69) is 19.3 Å². The van der Waals surface area contributed by atoms with Crippen molar-refractivity contribution in [1.29, 1.82) is 0 Å². The van der Waals surface area contributed by atoms with Crippen LogP contribution in [-0.2, 0) is 0 Å². The van der Waals surface area contributed by atoms with Gasteiger partial charge >= 0.3 is 0 Å². The second kappa shape index (κ2) is 5.02. The smallest absolute Gasteiger partial charge is 0.125 e. The number of furan rings is 1. The first-order chi connectivity index (χ1) is 7.72. The zero-order valence-corrected chi connectivity index (χ0v) is 10.2. The number of aryl methyl sites for hydroxylation is 1. The van der Waals surface area contributed by atoms with Gasteiger partial charge in [0, 0.05) is 0 Å². The monoisotopic (exact) mass is 222 g/mol. The maximum atomic E-state index is 5.69. The lowest BCUT2D eigenvalue weighted by Crippen LogP contribution is -2.35. The molecule has 16 heavy (non-hydrogen) atoms. The Bertz CT molecular complexity index is 326. The average Bonchev–Trinajstić information content (AvgIpc) is 2.69. The highest BCUT2D eigenvalue weighted by atomic mass is 16.3. The molecule has 3 nitrogen and oxygen atoms in total. The maximum Gasteiger partial charge on any atom is 0.125 e. The predicted octanol–water partition coefficient (Wildman–Crippen LogP) is 2.92. The third-order valence-electron chi connectivity index (χ3n) is 3.90. The molecular formula is C13H22N2O. The Hall–Kier alpha value is -0.800. The first-order valence-corrected chi connectivity index (χ1v) is 6.22. The molecule has 1 unspecified atom stereocenters. The molecule has 0 aromatic carbocycles. The quantitative estimate of drug-likeness (QED) is 0.610. The molecule has 0 amide bonds. The number of hydrogen-bond donors (Lipinski definition) is 2. The predicted molar refractivity (Wildman–Crippen MR) is 64.6 cm³/mol. The fourth-order valence-electron chi connectivity index (χ4n) is 2.75. The van der Waals surface area contributed by atoms with E-state index in [1.165, 1.54) is 31.2 Å². The van der Waals surface area contributed by atoms with Crippen molar-refractivity contribution in [3.63, 3.8) is 0 Å². The van der Waals surface area contributed by atoms with Gasteiger partial charge in [-0.25, -0.2) is 5.43 Å². The first-order valence-electron chi connectivity index (χ1n) is 6.22. The van der Waals surface area contributed by atoms with E-state index in [0.717, 1.165) is 11.7 Å². The van der Waals surface area contributed by atoms with Crippen LogP contribution in [0.25, 0.3) is 0 Å². The maximum absolute atomic E-state index is 5.69. The number of hydrazine groups is 1. The number of nitrogens with one attached hydrogen (secondary N) is 1. The van der Waals surface area contributed by atoms with Crippen LogP contribution in [0.2, 0.25) is 0 Å². The van der Waals surface area contributed by atoms with Crippen LogP contribution in [0.1, 0.15) is 50.0 Å². The summed E-state index contributed by atoms with van der Waals surface area (Å²) in [5, 5.41) is 0. The van der Waals surface area contributed by atoms with Crippen LogP contribution < -0.4 is 11.3 Å². The Labute approximate surface area is 97.4 Å². The van der Waals surface area contributed by atoms with Crippen LogP contribution in [0.3, 0.4) is 0 Å². The Kier molecular flexibility index (Phi) is 3.66. The minimum absolute atomic E-state index is 0.183. The summed E-state index contributed by atoms with van der Waals surface area (Å²) in [5.74, 6) is 8.19. The molecule has 0 aliphatic heterocycles. The van der Waals surface area contributed by atoms with Crippen molar-refractivity contribution in [1.82, 2.24) is 5.43 Å². The SMILES string of the molecule is Cc1ccoc1C(NN)C1CCC(C)CC1. The molecule has 1 aromatic heterocycles. The number of hydrogen-bond acceptors (Lipinski definition) is 3. The van der Waals surface area contributed by atoms with E-state index >= 15 is 0 Å². The van der Waals surface area contributed by atoms with Crippen LogP contribution in [0.4, 0.5) is 0 Å². The van der Waals surface area contributed by atoms with E-state index in [-0.39, 0.29) is 6.04 Å². The Morgan fingerprint density at radius 2 is 2.06 bits per heavy atom. The van der Waals surface area contributed by atoms with Gasteiger partial charge in [-0.15, -0.1) is 0 Å². The molecule has 3 N–H and O–H groups in total. The molecule has 1 fully saturated rings. The summed E-state index contributed by atoms with van der Waals surface area (Å²) in [5.41, 5.74) is 4.13. The molecule has 1 heterocycles. The second-order valence-electron chi connectivity index (χ2n) is 5.13. The Morgan fingerprint density at radius 1 is 1.38 bits per heavy atom. The van der Waals surface area contributed by atoms with Gasteiger partial charge in [0.1, 0.15) is 5.76 Å². The zero-order valence-electron chi connectivity index (χ0n) is 10.2. The largest absolute Gasteiger partial charge is 0.467 e. The summed E-state index contributed by atoms with van der Waals surface area (Å²) in [7, 11) is 0. The van der Waals surface area contributed by atoms with Crippen molar-refractivity contribution in [2.45, 2.75) is 45.6 Å². The molecule has 0 radical (unpaired) electrons. The summed E-state index contributed by atoms with van der Waals surface area (Å²) in [4.78, 5) is 0.